The van der Waals surface area contributed by atoms with Gasteiger partial charge >= 0.3 is 0 Å². The average molecular weight is 300 g/mol. The van der Waals surface area contributed by atoms with E-state index in [9.17, 15) is 4.79 Å². The van der Waals surface area contributed by atoms with E-state index >= 15 is 0 Å². The van der Waals surface area contributed by atoms with Crippen molar-refractivity contribution in [1.82, 2.24) is 10.3 Å². The minimum Gasteiger partial charge on any atom is -0.497 e. The highest BCUT2D eigenvalue weighted by Gasteiger charge is 2.02. The van der Waals surface area contributed by atoms with Gasteiger partial charge < -0.3 is 14.8 Å². The molecule has 22 heavy (non-hydrogen) atoms. The van der Waals surface area contributed by atoms with Crippen molar-refractivity contribution in [3.05, 3.63) is 54.4 Å². The molecule has 0 unspecified atom stereocenters. The monoisotopic (exact) mass is 300 g/mol. The SMILES string of the molecule is COc1ccc(OCCNC(=O)CCc2ccccn2)cc1. The third kappa shape index (κ3) is 5.44. The molecule has 1 aromatic carbocycles. The summed E-state index contributed by atoms with van der Waals surface area (Å²) < 4.78 is 10.6. The maximum Gasteiger partial charge on any atom is 0.220 e. The number of aryl methyl sites for hydroxylation is 1. The molecule has 0 bridgehead atoms. The van der Waals surface area contributed by atoms with Crippen LogP contribution in [-0.4, -0.2) is 31.2 Å². The van der Waals surface area contributed by atoms with Crippen molar-refractivity contribution >= 4 is 5.91 Å². The van der Waals surface area contributed by atoms with Gasteiger partial charge in [0, 0.05) is 18.3 Å². The minimum absolute atomic E-state index is 0.00369. The molecular weight excluding hydrogens is 280 g/mol. The molecular formula is C17H20N2O3. The molecule has 0 atom stereocenters. The summed E-state index contributed by atoms with van der Waals surface area (Å²) in [7, 11) is 1.62. The van der Waals surface area contributed by atoms with Gasteiger partial charge in [-0.1, -0.05) is 6.07 Å². The number of rotatable bonds is 8. The Kier molecular flexibility index (Phi) is 6.23. The molecule has 116 valence electrons. The van der Waals surface area contributed by atoms with E-state index in [4.69, 9.17) is 9.47 Å². The number of hydrogen-bond donors (Lipinski definition) is 1. The fraction of sp³-hybridized carbons (Fsp3) is 0.294. The summed E-state index contributed by atoms with van der Waals surface area (Å²) in [6, 6.07) is 13.0. The highest BCUT2D eigenvalue weighted by molar-refractivity contribution is 5.76. The third-order valence-electron chi connectivity index (χ3n) is 3.09. The molecule has 0 aliphatic rings. The Morgan fingerprint density at radius 3 is 2.59 bits per heavy atom. The largest absolute Gasteiger partial charge is 0.497 e. The van der Waals surface area contributed by atoms with Gasteiger partial charge in [0.15, 0.2) is 0 Å². The quantitative estimate of drug-likeness (QED) is 0.759. The highest BCUT2D eigenvalue weighted by atomic mass is 16.5. The van der Waals surface area contributed by atoms with Crippen LogP contribution in [0.2, 0.25) is 0 Å². The van der Waals surface area contributed by atoms with Crippen molar-refractivity contribution in [3.63, 3.8) is 0 Å². The van der Waals surface area contributed by atoms with Crippen molar-refractivity contribution in [2.45, 2.75) is 12.8 Å². The summed E-state index contributed by atoms with van der Waals surface area (Å²) in [4.78, 5) is 15.9. The summed E-state index contributed by atoms with van der Waals surface area (Å²) >= 11 is 0. The van der Waals surface area contributed by atoms with Crippen LogP contribution < -0.4 is 14.8 Å². The number of hydrogen-bond acceptors (Lipinski definition) is 4. The Morgan fingerprint density at radius 2 is 1.91 bits per heavy atom. The molecule has 0 saturated heterocycles. The number of nitrogens with one attached hydrogen (secondary N) is 1. The molecule has 0 aliphatic carbocycles. The predicted octanol–water partition coefficient (Wildman–Crippen LogP) is 2.22. The summed E-state index contributed by atoms with van der Waals surface area (Å²) in [5.41, 5.74) is 0.923. The molecule has 1 aromatic heterocycles. The first-order valence-corrected chi connectivity index (χ1v) is 7.21. The number of pyridine rings is 1. The average Bonchev–Trinajstić information content (AvgIpc) is 2.58. The van der Waals surface area contributed by atoms with Gasteiger partial charge in [-0.25, -0.2) is 0 Å². The van der Waals surface area contributed by atoms with Crippen molar-refractivity contribution in [1.29, 1.82) is 0 Å². The standard InChI is InChI=1S/C17H20N2O3/c1-21-15-6-8-16(9-7-15)22-13-12-19-17(20)10-5-14-4-2-3-11-18-14/h2-4,6-9,11H,5,10,12-13H2,1H3,(H,19,20). The number of amides is 1. The molecule has 0 aliphatic heterocycles. The van der Waals surface area contributed by atoms with E-state index in [-0.39, 0.29) is 5.91 Å². The van der Waals surface area contributed by atoms with E-state index < -0.39 is 0 Å². The highest BCUT2D eigenvalue weighted by Crippen LogP contribution is 2.16. The first-order valence-electron chi connectivity index (χ1n) is 7.21. The summed E-state index contributed by atoms with van der Waals surface area (Å²) in [6.07, 6.45) is 2.81. The molecule has 0 radical (unpaired) electrons. The maximum absolute atomic E-state index is 11.7. The van der Waals surface area contributed by atoms with Crippen LogP contribution in [0.1, 0.15) is 12.1 Å². The van der Waals surface area contributed by atoms with Gasteiger partial charge in [0.25, 0.3) is 0 Å². The number of methoxy groups -OCH3 is 1. The number of nitrogens with zero attached hydrogens (tertiary/aromatic N) is 1. The van der Waals surface area contributed by atoms with E-state index in [0.29, 0.717) is 26.0 Å². The second-order valence-corrected chi connectivity index (χ2v) is 4.70. The Morgan fingerprint density at radius 1 is 1.14 bits per heavy atom. The zero-order valence-electron chi connectivity index (χ0n) is 12.6. The molecule has 5 heteroatoms. The number of aromatic nitrogens is 1. The van der Waals surface area contributed by atoms with Crippen LogP contribution in [-0.2, 0) is 11.2 Å². The molecule has 2 aromatic rings. The second-order valence-electron chi connectivity index (χ2n) is 4.70. The van der Waals surface area contributed by atoms with Crippen LogP contribution in [0.3, 0.4) is 0 Å². The van der Waals surface area contributed by atoms with Gasteiger partial charge in [-0.15, -0.1) is 0 Å². The number of carbonyl (C=O) groups is 1. The van der Waals surface area contributed by atoms with Crippen LogP contribution in [0, 0.1) is 0 Å². The molecule has 0 spiro atoms. The van der Waals surface area contributed by atoms with Crippen LogP contribution in [0.4, 0.5) is 0 Å². The lowest BCUT2D eigenvalue weighted by Crippen LogP contribution is -2.28. The lowest BCUT2D eigenvalue weighted by molar-refractivity contribution is -0.121. The van der Waals surface area contributed by atoms with Gasteiger partial charge in [0.05, 0.1) is 13.7 Å². The number of ether oxygens (including phenoxy) is 2. The Balaban J connectivity index is 1.60. The molecule has 5 nitrogen and oxygen atoms in total. The van der Waals surface area contributed by atoms with Crippen LogP contribution in [0.5, 0.6) is 11.5 Å². The molecule has 1 N–H and O–H groups in total. The number of carbonyl (C=O) groups excluding carboxylic acids is 1. The first-order chi connectivity index (χ1) is 10.8. The van der Waals surface area contributed by atoms with Gasteiger partial charge in [0.1, 0.15) is 18.1 Å². The zero-order valence-corrected chi connectivity index (χ0v) is 12.6. The zero-order chi connectivity index (χ0) is 15.6. The van der Waals surface area contributed by atoms with Crippen molar-refractivity contribution in [2.75, 3.05) is 20.3 Å². The van der Waals surface area contributed by atoms with Crippen molar-refractivity contribution in [3.8, 4) is 11.5 Å². The topological polar surface area (TPSA) is 60.5 Å². The summed E-state index contributed by atoms with van der Waals surface area (Å²) in [5, 5.41) is 2.83. The molecule has 1 amide bonds. The van der Waals surface area contributed by atoms with E-state index in [2.05, 4.69) is 10.3 Å². The van der Waals surface area contributed by atoms with Gasteiger partial charge in [-0.2, -0.15) is 0 Å². The lowest BCUT2D eigenvalue weighted by atomic mass is 10.2. The molecule has 2 rings (SSSR count). The van der Waals surface area contributed by atoms with E-state index in [0.717, 1.165) is 17.2 Å². The van der Waals surface area contributed by atoms with E-state index in [1.54, 1.807) is 13.3 Å². The third-order valence-corrected chi connectivity index (χ3v) is 3.09. The van der Waals surface area contributed by atoms with E-state index in [1.807, 2.05) is 42.5 Å². The van der Waals surface area contributed by atoms with Crippen molar-refractivity contribution < 1.29 is 14.3 Å². The van der Waals surface area contributed by atoms with Crippen LogP contribution in [0.15, 0.2) is 48.7 Å². The normalized spacial score (nSPS) is 10.0. The van der Waals surface area contributed by atoms with E-state index in [1.165, 1.54) is 0 Å². The minimum atomic E-state index is 0.00369. The van der Waals surface area contributed by atoms with Gasteiger partial charge in [0.2, 0.25) is 5.91 Å². The van der Waals surface area contributed by atoms with Crippen LogP contribution >= 0.6 is 0 Å². The van der Waals surface area contributed by atoms with Gasteiger partial charge in [-0.05, 0) is 42.8 Å². The second kappa shape index (κ2) is 8.67. The summed E-state index contributed by atoms with van der Waals surface area (Å²) in [6.45, 7) is 0.911. The van der Waals surface area contributed by atoms with Crippen LogP contribution in [0.25, 0.3) is 0 Å². The Bertz CT molecular complexity index is 570. The molecule has 0 fully saturated rings. The lowest BCUT2D eigenvalue weighted by Gasteiger charge is -2.08. The van der Waals surface area contributed by atoms with Gasteiger partial charge in [-0.3, -0.25) is 9.78 Å². The molecule has 1 heterocycles. The number of benzene rings is 1. The Hall–Kier alpha value is -2.56. The smallest absolute Gasteiger partial charge is 0.220 e. The predicted molar refractivity (Wildman–Crippen MR) is 84.1 cm³/mol. The first kappa shape index (κ1) is 15.8. The fourth-order valence-electron chi connectivity index (χ4n) is 1.91. The summed E-state index contributed by atoms with van der Waals surface area (Å²) in [5.74, 6) is 1.54. The Labute approximate surface area is 130 Å². The van der Waals surface area contributed by atoms with Crippen molar-refractivity contribution in [2.24, 2.45) is 0 Å². The fourth-order valence-corrected chi connectivity index (χ4v) is 1.91. The molecule has 0 saturated carbocycles. The maximum atomic E-state index is 11.7.